The maximum absolute atomic E-state index is 11.3. The summed E-state index contributed by atoms with van der Waals surface area (Å²) in [5.74, 6) is -1.38. The summed E-state index contributed by atoms with van der Waals surface area (Å²) in [7, 11) is 0. The Kier molecular flexibility index (Phi) is 8.16. The molecular weight excluding hydrogens is 246 g/mol. The Bertz CT molecular complexity index is 285. The van der Waals surface area contributed by atoms with E-state index in [9.17, 15) is 14.4 Å². The molecule has 2 amide bonds. The number of hydrogen-bond acceptors (Lipinski definition) is 5. The third-order valence-electron chi connectivity index (χ3n) is 1.81. The van der Waals surface area contributed by atoms with E-state index < -0.39 is 17.9 Å². The van der Waals surface area contributed by atoms with E-state index in [0.29, 0.717) is 12.3 Å². The minimum absolute atomic E-state index is 0.00202. The number of carbonyl (C=O) groups excluding carboxylic acids is 2. The minimum atomic E-state index is -1.18. The van der Waals surface area contributed by atoms with Crippen molar-refractivity contribution >= 4 is 29.5 Å². The molecule has 0 aromatic carbocycles. The van der Waals surface area contributed by atoms with Crippen molar-refractivity contribution in [3.05, 3.63) is 0 Å². The zero-order valence-corrected chi connectivity index (χ0v) is 10.2. The Morgan fingerprint density at radius 2 is 2.00 bits per heavy atom. The number of amides is 2. The van der Waals surface area contributed by atoms with Crippen molar-refractivity contribution in [3.63, 3.8) is 0 Å². The molecule has 0 bridgehead atoms. The smallest absolute Gasteiger partial charge is 0.326 e. The van der Waals surface area contributed by atoms with Crippen LogP contribution in [0.1, 0.15) is 12.8 Å². The van der Waals surface area contributed by atoms with Crippen LogP contribution in [0.5, 0.6) is 0 Å². The summed E-state index contributed by atoms with van der Waals surface area (Å²) < 4.78 is 0. The fraction of sp³-hybridized carbons (Fsp3) is 0.667. The molecule has 1 atom stereocenters. The van der Waals surface area contributed by atoms with Gasteiger partial charge in [0.1, 0.15) is 6.04 Å². The highest BCUT2D eigenvalue weighted by Crippen LogP contribution is 2.01. The number of aliphatic carboxylic acids is 1. The first-order valence-electron chi connectivity index (χ1n) is 5.05. The lowest BCUT2D eigenvalue weighted by molar-refractivity contribution is -0.141. The second kappa shape index (κ2) is 8.82. The van der Waals surface area contributed by atoms with Crippen LogP contribution in [0.4, 0.5) is 0 Å². The number of thioether (sulfide) groups is 1. The number of nitrogens with one attached hydrogen (secondary N) is 1. The molecule has 98 valence electrons. The van der Waals surface area contributed by atoms with E-state index in [-0.39, 0.29) is 24.5 Å². The maximum Gasteiger partial charge on any atom is 0.326 e. The van der Waals surface area contributed by atoms with Crippen LogP contribution < -0.4 is 16.8 Å². The van der Waals surface area contributed by atoms with Gasteiger partial charge in [-0.05, 0) is 6.42 Å². The van der Waals surface area contributed by atoms with Gasteiger partial charge in [-0.2, -0.15) is 11.8 Å². The summed E-state index contributed by atoms with van der Waals surface area (Å²) >= 11 is 1.32. The van der Waals surface area contributed by atoms with Crippen molar-refractivity contribution in [2.75, 3.05) is 18.1 Å². The Hall–Kier alpha value is -1.28. The molecule has 6 N–H and O–H groups in total. The molecule has 7 nitrogen and oxygen atoms in total. The molecule has 0 rings (SSSR count). The second-order valence-electron chi connectivity index (χ2n) is 3.30. The molecule has 0 spiro atoms. The molecule has 8 heteroatoms. The van der Waals surface area contributed by atoms with Crippen LogP contribution in [0.15, 0.2) is 0 Å². The molecule has 0 fully saturated rings. The van der Waals surface area contributed by atoms with E-state index in [2.05, 4.69) is 5.32 Å². The number of carboxylic acid groups (broad SMARTS) is 1. The van der Waals surface area contributed by atoms with Crippen LogP contribution in [0.3, 0.4) is 0 Å². The van der Waals surface area contributed by atoms with Crippen LogP contribution in [-0.2, 0) is 14.4 Å². The molecule has 0 radical (unpaired) electrons. The highest BCUT2D eigenvalue weighted by atomic mass is 32.2. The Morgan fingerprint density at radius 3 is 2.47 bits per heavy atom. The molecule has 17 heavy (non-hydrogen) atoms. The SMILES string of the molecule is NCCSCC(=O)NC(CCC(N)=O)C(=O)O. The molecule has 1 unspecified atom stereocenters. The fourth-order valence-corrected chi connectivity index (χ4v) is 1.61. The molecule has 0 aromatic rings. The highest BCUT2D eigenvalue weighted by molar-refractivity contribution is 7.99. The maximum atomic E-state index is 11.3. The number of nitrogens with two attached hydrogens (primary N) is 2. The predicted octanol–water partition coefficient (Wildman–Crippen LogP) is -1.49. The van der Waals surface area contributed by atoms with Gasteiger partial charge in [0.05, 0.1) is 5.75 Å². The van der Waals surface area contributed by atoms with Gasteiger partial charge >= 0.3 is 5.97 Å². The zero-order valence-electron chi connectivity index (χ0n) is 9.35. The number of primary amides is 1. The van der Waals surface area contributed by atoms with Crippen LogP contribution in [0.25, 0.3) is 0 Å². The quantitative estimate of drug-likeness (QED) is 0.374. The van der Waals surface area contributed by atoms with Gasteiger partial charge in [0.25, 0.3) is 0 Å². The highest BCUT2D eigenvalue weighted by Gasteiger charge is 2.20. The van der Waals surface area contributed by atoms with Crippen LogP contribution >= 0.6 is 11.8 Å². The van der Waals surface area contributed by atoms with Crippen molar-refractivity contribution < 1.29 is 19.5 Å². The third kappa shape index (κ3) is 8.52. The number of carbonyl (C=O) groups is 3. The van der Waals surface area contributed by atoms with Crippen LogP contribution in [0.2, 0.25) is 0 Å². The summed E-state index contributed by atoms with van der Waals surface area (Å²) in [6.07, 6.45) is -0.0782. The molecule has 0 aliphatic heterocycles. The van der Waals surface area contributed by atoms with Crippen molar-refractivity contribution in [1.82, 2.24) is 5.32 Å². The van der Waals surface area contributed by atoms with E-state index in [1.54, 1.807) is 0 Å². The van der Waals surface area contributed by atoms with Gasteiger partial charge in [-0.15, -0.1) is 0 Å². The first-order chi connectivity index (χ1) is 7.97. The van der Waals surface area contributed by atoms with Crippen LogP contribution in [-0.4, -0.2) is 47.0 Å². The van der Waals surface area contributed by atoms with Gasteiger partial charge in [-0.1, -0.05) is 0 Å². The number of carboxylic acids is 1. The molecule has 0 heterocycles. The van der Waals surface area contributed by atoms with E-state index in [1.165, 1.54) is 11.8 Å². The van der Waals surface area contributed by atoms with Gasteiger partial charge in [-0.3, -0.25) is 9.59 Å². The van der Waals surface area contributed by atoms with E-state index in [0.717, 1.165) is 0 Å². The molecule has 0 saturated heterocycles. The molecular formula is C9H17N3O4S. The average molecular weight is 263 g/mol. The lowest BCUT2D eigenvalue weighted by atomic mass is 10.1. The summed E-state index contributed by atoms with van der Waals surface area (Å²) in [5.41, 5.74) is 10.2. The summed E-state index contributed by atoms with van der Waals surface area (Å²) in [4.78, 5) is 32.6. The number of hydrogen-bond donors (Lipinski definition) is 4. The lowest BCUT2D eigenvalue weighted by Crippen LogP contribution is -2.42. The van der Waals surface area contributed by atoms with E-state index >= 15 is 0 Å². The predicted molar refractivity (Wildman–Crippen MR) is 64.4 cm³/mol. The first-order valence-corrected chi connectivity index (χ1v) is 6.21. The zero-order chi connectivity index (χ0) is 13.3. The monoisotopic (exact) mass is 263 g/mol. The van der Waals surface area contributed by atoms with E-state index in [4.69, 9.17) is 16.6 Å². The fourth-order valence-electron chi connectivity index (χ4n) is 1.03. The molecule has 0 aliphatic carbocycles. The Labute approximate surface area is 103 Å². The van der Waals surface area contributed by atoms with Gasteiger partial charge in [0.2, 0.25) is 11.8 Å². The van der Waals surface area contributed by atoms with Crippen molar-refractivity contribution in [2.45, 2.75) is 18.9 Å². The normalized spacial score (nSPS) is 11.8. The third-order valence-corrected chi connectivity index (χ3v) is 2.80. The summed E-state index contributed by atoms with van der Waals surface area (Å²) in [5, 5.41) is 11.1. The standard InChI is InChI=1S/C9H17N3O4S/c10-3-4-17-5-8(14)12-6(9(15)16)1-2-7(11)13/h6H,1-5,10H2,(H2,11,13)(H,12,14)(H,15,16). The largest absolute Gasteiger partial charge is 0.480 e. The lowest BCUT2D eigenvalue weighted by Gasteiger charge is -2.13. The summed E-state index contributed by atoms with van der Waals surface area (Å²) in [6.45, 7) is 0.460. The van der Waals surface area contributed by atoms with Gasteiger partial charge in [0, 0.05) is 18.7 Å². The topological polar surface area (TPSA) is 136 Å². The Balaban J connectivity index is 4.02. The van der Waals surface area contributed by atoms with Crippen molar-refractivity contribution in [3.8, 4) is 0 Å². The molecule has 0 saturated carbocycles. The summed E-state index contributed by atoms with van der Waals surface area (Å²) in [6, 6.07) is -1.08. The van der Waals surface area contributed by atoms with Crippen LogP contribution in [0, 0.1) is 0 Å². The van der Waals surface area contributed by atoms with Gasteiger partial charge < -0.3 is 21.9 Å². The molecule has 0 aromatic heterocycles. The minimum Gasteiger partial charge on any atom is -0.480 e. The Morgan fingerprint density at radius 1 is 1.35 bits per heavy atom. The van der Waals surface area contributed by atoms with Crippen molar-refractivity contribution in [1.29, 1.82) is 0 Å². The van der Waals surface area contributed by atoms with E-state index in [1.807, 2.05) is 0 Å². The van der Waals surface area contributed by atoms with Gasteiger partial charge in [-0.25, -0.2) is 4.79 Å². The first kappa shape index (κ1) is 15.7. The van der Waals surface area contributed by atoms with Crippen molar-refractivity contribution in [2.24, 2.45) is 11.5 Å². The number of rotatable bonds is 9. The van der Waals surface area contributed by atoms with Gasteiger partial charge in [0.15, 0.2) is 0 Å². The second-order valence-corrected chi connectivity index (χ2v) is 4.41. The molecule has 0 aliphatic rings. The average Bonchev–Trinajstić information content (AvgIpc) is 2.23.